The molecular weight excluding hydrogens is 264 g/mol. The van der Waals surface area contributed by atoms with Crippen LogP contribution in [0.3, 0.4) is 0 Å². The molecule has 1 unspecified atom stereocenters. The summed E-state index contributed by atoms with van der Waals surface area (Å²) in [6, 6.07) is 7.78. The molecular formula is C14H19ClN2O2. The Morgan fingerprint density at radius 1 is 1.37 bits per heavy atom. The molecule has 104 valence electrons. The monoisotopic (exact) mass is 282 g/mol. The van der Waals surface area contributed by atoms with Crippen molar-refractivity contribution in [2.75, 3.05) is 31.1 Å². The maximum atomic E-state index is 12.5. The van der Waals surface area contributed by atoms with Crippen molar-refractivity contribution < 1.29 is 9.53 Å². The molecule has 19 heavy (non-hydrogen) atoms. The topological polar surface area (TPSA) is 41.6 Å². The van der Waals surface area contributed by atoms with E-state index >= 15 is 0 Å². The first kappa shape index (κ1) is 14.2. The molecule has 4 nitrogen and oxygen atoms in total. The molecule has 0 radical (unpaired) electrons. The molecule has 1 aromatic rings. The number of benzene rings is 1. The zero-order chi connectivity index (χ0) is 12.4. The molecule has 1 amide bonds. The van der Waals surface area contributed by atoms with E-state index < -0.39 is 0 Å². The number of para-hydroxylation sites is 2. The average Bonchev–Trinajstić information content (AvgIpc) is 2.47. The van der Waals surface area contributed by atoms with Crippen LogP contribution < -0.4 is 15.0 Å². The summed E-state index contributed by atoms with van der Waals surface area (Å²) in [6.07, 6.45) is 2.08. The van der Waals surface area contributed by atoms with Gasteiger partial charge in [-0.2, -0.15) is 0 Å². The van der Waals surface area contributed by atoms with Crippen LogP contribution in [0.2, 0.25) is 0 Å². The molecule has 0 spiro atoms. The maximum absolute atomic E-state index is 12.5. The smallest absolute Gasteiger partial charge is 0.231 e. The Balaban J connectivity index is 0.00000133. The average molecular weight is 283 g/mol. The van der Waals surface area contributed by atoms with Gasteiger partial charge < -0.3 is 15.0 Å². The number of ether oxygens (including phenoxy) is 1. The van der Waals surface area contributed by atoms with Crippen LogP contribution in [0.4, 0.5) is 5.69 Å². The van der Waals surface area contributed by atoms with Crippen molar-refractivity contribution in [2.45, 2.75) is 12.8 Å². The van der Waals surface area contributed by atoms with Gasteiger partial charge in [0.05, 0.1) is 18.2 Å². The molecule has 5 heteroatoms. The van der Waals surface area contributed by atoms with Gasteiger partial charge in [-0.15, -0.1) is 12.4 Å². The summed E-state index contributed by atoms with van der Waals surface area (Å²) in [7, 11) is 0. The first-order chi connectivity index (χ1) is 8.86. The van der Waals surface area contributed by atoms with Crippen LogP contribution in [0.5, 0.6) is 5.75 Å². The number of hydrogen-bond donors (Lipinski definition) is 1. The molecule has 1 atom stereocenters. The van der Waals surface area contributed by atoms with Crippen LogP contribution in [0, 0.1) is 5.92 Å². The van der Waals surface area contributed by atoms with Crippen LogP contribution in [0.1, 0.15) is 12.8 Å². The summed E-state index contributed by atoms with van der Waals surface area (Å²) in [4.78, 5) is 14.4. The molecule has 1 saturated heterocycles. The van der Waals surface area contributed by atoms with E-state index in [-0.39, 0.29) is 24.2 Å². The van der Waals surface area contributed by atoms with Crippen molar-refractivity contribution in [3.63, 3.8) is 0 Å². The highest BCUT2D eigenvalue weighted by atomic mass is 35.5. The molecule has 1 aromatic carbocycles. The van der Waals surface area contributed by atoms with Gasteiger partial charge >= 0.3 is 0 Å². The van der Waals surface area contributed by atoms with Gasteiger partial charge in [-0.25, -0.2) is 0 Å². The normalized spacial score (nSPS) is 21.9. The van der Waals surface area contributed by atoms with Crippen LogP contribution >= 0.6 is 12.4 Å². The van der Waals surface area contributed by atoms with E-state index in [9.17, 15) is 4.79 Å². The van der Waals surface area contributed by atoms with Gasteiger partial charge in [0.25, 0.3) is 0 Å². The van der Waals surface area contributed by atoms with Crippen molar-refractivity contribution in [2.24, 2.45) is 5.92 Å². The van der Waals surface area contributed by atoms with Crippen LogP contribution in [0.25, 0.3) is 0 Å². The van der Waals surface area contributed by atoms with E-state index in [1.54, 1.807) is 0 Å². The number of hydrogen-bond acceptors (Lipinski definition) is 3. The zero-order valence-electron chi connectivity index (χ0n) is 10.8. The number of nitrogens with one attached hydrogen (secondary N) is 1. The van der Waals surface area contributed by atoms with Crippen molar-refractivity contribution in [1.82, 2.24) is 5.32 Å². The first-order valence-corrected chi connectivity index (χ1v) is 6.60. The Hall–Kier alpha value is -1.26. The summed E-state index contributed by atoms with van der Waals surface area (Å²) >= 11 is 0. The van der Waals surface area contributed by atoms with Gasteiger partial charge in [0, 0.05) is 6.54 Å². The third kappa shape index (κ3) is 2.85. The third-order valence-electron chi connectivity index (χ3n) is 3.64. The fourth-order valence-corrected chi connectivity index (χ4v) is 2.68. The number of rotatable bonds is 1. The van der Waals surface area contributed by atoms with E-state index in [0.717, 1.165) is 37.4 Å². The highest BCUT2D eigenvalue weighted by Gasteiger charge is 2.29. The summed E-state index contributed by atoms with van der Waals surface area (Å²) < 4.78 is 5.58. The molecule has 1 N–H and O–H groups in total. The summed E-state index contributed by atoms with van der Waals surface area (Å²) in [5, 5.41) is 3.30. The van der Waals surface area contributed by atoms with Gasteiger partial charge in [-0.1, -0.05) is 12.1 Å². The van der Waals surface area contributed by atoms with E-state index in [2.05, 4.69) is 5.32 Å². The highest BCUT2D eigenvalue weighted by molar-refractivity contribution is 5.97. The number of fused-ring (bicyclic) bond motifs is 1. The van der Waals surface area contributed by atoms with Crippen LogP contribution in [-0.4, -0.2) is 32.1 Å². The van der Waals surface area contributed by atoms with Crippen molar-refractivity contribution in [1.29, 1.82) is 0 Å². The number of carbonyl (C=O) groups excluding carboxylic acids is 1. The Kier molecular flexibility index (Phi) is 4.66. The number of amides is 1. The molecule has 2 heterocycles. The Labute approximate surface area is 119 Å². The van der Waals surface area contributed by atoms with Crippen LogP contribution in [0.15, 0.2) is 24.3 Å². The van der Waals surface area contributed by atoms with Crippen molar-refractivity contribution in [3.8, 4) is 5.75 Å². The zero-order valence-corrected chi connectivity index (χ0v) is 11.6. The van der Waals surface area contributed by atoms with Crippen LogP contribution in [-0.2, 0) is 4.79 Å². The largest absolute Gasteiger partial charge is 0.490 e. The number of carbonyl (C=O) groups is 1. The van der Waals surface area contributed by atoms with E-state index in [0.29, 0.717) is 13.2 Å². The number of nitrogens with zero attached hydrogens (tertiary/aromatic N) is 1. The van der Waals surface area contributed by atoms with Gasteiger partial charge in [-0.3, -0.25) is 4.79 Å². The lowest BCUT2D eigenvalue weighted by molar-refractivity contribution is -0.123. The first-order valence-electron chi connectivity index (χ1n) is 6.60. The van der Waals surface area contributed by atoms with Gasteiger partial charge in [0.1, 0.15) is 12.4 Å². The minimum absolute atomic E-state index is 0. The van der Waals surface area contributed by atoms with E-state index in [1.807, 2.05) is 29.2 Å². The predicted molar refractivity (Wildman–Crippen MR) is 77.1 cm³/mol. The van der Waals surface area contributed by atoms with Gasteiger partial charge in [0.2, 0.25) is 5.91 Å². The standard InChI is InChI=1S/C14H18N2O2.ClH/c17-14(11-4-3-7-15-10-11)16-8-9-18-13-6-2-1-5-12(13)16;/h1-2,5-6,11,15H,3-4,7-10H2;1H. The SMILES string of the molecule is Cl.O=C(C1CCCNC1)N1CCOc2ccccc21. The van der Waals surface area contributed by atoms with Gasteiger partial charge in [0.15, 0.2) is 0 Å². The second kappa shape index (κ2) is 6.26. The summed E-state index contributed by atoms with van der Waals surface area (Å²) in [5.41, 5.74) is 0.916. The molecule has 0 bridgehead atoms. The second-order valence-electron chi connectivity index (χ2n) is 4.85. The second-order valence-corrected chi connectivity index (χ2v) is 4.85. The number of piperidine rings is 1. The lowest BCUT2D eigenvalue weighted by Gasteiger charge is -2.33. The lowest BCUT2D eigenvalue weighted by atomic mass is 9.97. The Morgan fingerprint density at radius 3 is 3.00 bits per heavy atom. The molecule has 2 aliphatic heterocycles. The Morgan fingerprint density at radius 2 is 2.21 bits per heavy atom. The number of anilines is 1. The van der Waals surface area contributed by atoms with Gasteiger partial charge in [-0.05, 0) is 31.5 Å². The van der Waals surface area contributed by atoms with Crippen molar-refractivity contribution >= 4 is 24.0 Å². The Bertz CT molecular complexity index is 447. The summed E-state index contributed by atoms with van der Waals surface area (Å²) in [5.74, 6) is 1.17. The van der Waals surface area contributed by atoms with Crippen molar-refractivity contribution in [3.05, 3.63) is 24.3 Å². The molecule has 2 aliphatic rings. The minimum atomic E-state index is 0. The molecule has 3 rings (SSSR count). The molecule has 0 aromatic heterocycles. The predicted octanol–water partition coefficient (Wildman–Crippen LogP) is 1.83. The molecule has 0 saturated carbocycles. The minimum Gasteiger partial charge on any atom is -0.490 e. The quantitative estimate of drug-likeness (QED) is 0.854. The number of halogens is 1. The summed E-state index contributed by atoms with van der Waals surface area (Å²) in [6.45, 7) is 3.08. The van der Waals surface area contributed by atoms with E-state index in [1.165, 1.54) is 0 Å². The molecule has 1 fully saturated rings. The molecule has 0 aliphatic carbocycles. The fraction of sp³-hybridized carbons (Fsp3) is 0.500. The fourth-order valence-electron chi connectivity index (χ4n) is 2.68. The third-order valence-corrected chi connectivity index (χ3v) is 3.64. The van der Waals surface area contributed by atoms with E-state index in [4.69, 9.17) is 4.74 Å². The highest BCUT2D eigenvalue weighted by Crippen LogP contribution is 2.32. The lowest BCUT2D eigenvalue weighted by Crippen LogP contribution is -2.46. The maximum Gasteiger partial charge on any atom is 0.231 e.